The molecule has 2 aliphatic carbocycles. The molecule has 26 heavy (non-hydrogen) atoms. The van der Waals surface area contributed by atoms with Gasteiger partial charge in [-0.2, -0.15) is 0 Å². The minimum atomic E-state index is -0.789. The molecule has 0 amide bonds. The molecule has 3 heteroatoms. The van der Waals surface area contributed by atoms with Gasteiger partial charge in [-0.15, -0.1) is 0 Å². The van der Waals surface area contributed by atoms with Crippen molar-refractivity contribution < 1.29 is 9.53 Å². The maximum Gasteiger partial charge on any atom is 0.175 e. The summed E-state index contributed by atoms with van der Waals surface area (Å²) in [5, 5.41) is 0. The van der Waals surface area contributed by atoms with Gasteiger partial charge in [0.25, 0.3) is 0 Å². The van der Waals surface area contributed by atoms with E-state index in [4.69, 9.17) is 4.74 Å². The number of ether oxygens (including phenoxy) is 1. The standard InChI is InChI=1S/C23H15BrO2/c1-26-16-8-10-21-18(13-16)17-4-2-3-5-20(17)23(21)19-9-7-15(24)12-14(19)6-11-22(23)25/h2-13H,1H3/t23-/m1/s1. The van der Waals surface area contributed by atoms with E-state index in [9.17, 15) is 4.79 Å². The molecule has 2 nitrogen and oxygen atoms in total. The summed E-state index contributed by atoms with van der Waals surface area (Å²) in [7, 11) is 1.67. The Kier molecular flexibility index (Phi) is 3.25. The van der Waals surface area contributed by atoms with E-state index in [1.165, 1.54) is 0 Å². The van der Waals surface area contributed by atoms with Crippen LogP contribution < -0.4 is 4.74 Å². The average molecular weight is 403 g/mol. The summed E-state index contributed by atoms with van der Waals surface area (Å²) in [6.07, 6.45) is 3.63. The highest BCUT2D eigenvalue weighted by Gasteiger charge is 2.51. The fourth-order valence-corrected chi connectivity index (χ4v) is 4.76. The molecule has 126 valence electrons. The second-order valence-corrected chi connectivity index (χ2v) is 7.55. The highest BCUT2D eigenvalue weighted by molar-refractivity contribution is 9.10. The first-order valence-electron chi connectivity index (χ1n) is 8.47. The normalized spacial score (nSPS) is 19.2. The van der Waals surface area contributed by atoms with Gasteiger partial charge in [-0.1, -0.05) is 58.4 Å². The predicted molar refractivity (Wildman–Crippen MR) is 106 cm³/mol. The van der Waals surface area contributed by atoms with Crippen LogP contribution >= 0.6 is 15.9 Å². The van der Waals surface area contributed by atoms with Gasteiger partial charge in [0.2, 0.25) is 0 Å². The Balaban J connectivity index is 1.94. The fourth-order valence-electron chi connectivity index (χ4n) is 4.38. The highest BCUT2D eigenvalue weighted by Crippen LogP contribution is 2.56. The molecule has 0 unspecified atom stereocenters. The van der Waals surface area contributed by atoms with E-state index in [1.54, 1.807) is 13.2 Å². The molecule has 3 aromatic carbocycles. The third-order valence-corrected chi connectivity index (χ3v) is 5.95. The number of allylic oxidation sites excluding steroid dienone is 1. The summed E-state index contributed by atoms with van der Waals surface area (Å²) in [5.41, 5.74) is 5.54. The van der Waals surface area contributed by atoms with Gasteiger partial charge in [-0.25, -0.2) is 0 Å². The van der Waals surface area contributed by atoms with Crippen LogP contribution in [0.15, 0.2) is 71.2 Å². The Bertz CT molecular complexity index is 1110. The molecule has 0 fully saturated rings. The third-order valence-electron chi connectivity index (χ3n) is 5.45. The Morgan fingerprint density at radius 2 is 1.62 bits per heavy atom. The Morgan fingerprint density at radius 3 is 2.46 bits per heavy atom. The zero-order chi connectivity index (χ0) is 17.9. The molecule has 1 spiro atoms. The smallest absolute Gasteiger partial charge is 0.175 e. The number of fused-ring (bicyclic) bond motifs is 7. The van der Waals surface area contributed by atoms with E-state index in [2.05, 4.69) is 40.2 Å². The van der Waals surface area contributed by atoms with Crippen LogP contribution in [0.2, 0.25) is 0 Å². The van der Waals surface area contributed by atoms with Crippen LogP contribution in [-0.4, -0.2) is 12.9 Å². The summed E-state index contributed by atoms with van der Waals surface area (Å²) in [6.45, 7) is 0. The summed E-state index contributed by atoms with van der Waals surface area (Å²) in [6, 6.07) is 20.4. The van der Waals surface area contributed by atoms with Crippen LogP contribution in [0.5, 0.6) is 5.75 Å². The van der Waals surface area contributed by atoms with Crippen molar-refractivity contribution in [2.75, 3.05) is 7.11 Å². The lowest BCUT2D eigenvalue weighted by molar-refractivity contribution is -0.117. The van der Waals surface area contributed by atoms with Gasteiger partial charge in [-0.3, -0.25) is 4.79 Å². The van der Waals surface area contributed by atoms with Gasteiger partial charge in [0.1, 0.15) is 11.2 Å². The summed E-state index contributed by atoms with van der Waals surface area (Å²) >= 11 is 3.55. The summed E-state index contributed by atoms with van der Waals surface area (Å²) < 4.78 is 6.44. The van der Waals surface area contributed by atoms with Crippen molar-refractivity contribution in [2.45, 2.75) is 5.41 Å². The van der Waals surface area contributed by atoms with Crippen LogP contribution in [0.4, 0.5) is 0 Å². The SMILES string of the molecule is COc1ccc2c(c1)-c1ccccc1[C@@]21C(=O)C=Cc2cc(Br)ccc21. The van der Waals surface area contributed by atoms with Crippen molar-refractivity contribution in [3.63, 3.8) is 0 Å². The first kappa shape index (κ1) is 15.6. The number of carbonyl (C=O) groups is 1. The number of ketones is 1. The molecule has 0 saturated heterocycles. The molecule has 1 atom stereocenters. The summed E-state index contributed by atoms with van der Waals surface area (Å²) in [4.78, 5) is 13.4. The maximum atomic E-state index is 13.4. The molecule has 0 aliphatic heterocycles. The van der Waals surface area contributed by atoms with Gasteiger partial charge in [0, 0.05) is 4.47 Å². The predicted octanol–water partition coefficient (Wildman–Crippen LogP) is 5.37. The Labute approximate surface area is 160 Å². The number of hydrogen-bond acceptors (Lipinski definition) is 2. The van der Waals surface area contributed by atoms with E-state index in [1.807, 2.05) is 42.5 Å². The van der Waals surface area contributed by atoms with E-state index in [0.717, 1.165) is 43.6 Å². The maximum absolute atomic E-state index is 13.4. The highest BCUT2D eigenvalue weighted by atomic mass is 79.9. The molecule has 0 aromatic heterocycles. The Morgan fingerprint density at radius 1 is 0.846 bits per heavy atom. The first-order chi connectivity index (χ1) is 12.7. The van der Waals surface area contributed by atoms with Crippen LogP contribution in [0.25, 0.3) is 17.2 Å². The van der Waals surface area contributed by atoms with Crippen molar-refractivity contribution in [2.24, 2.45) is 0 Å². The van der Waals surface area contributed by atoms with E-state index in [0.29, 0.717) is 0 Å². The van der Waals surface area contributed by atoms with Gasteiger partial charge in [0.05, 0.1) is 7.11 Å². The van der Waals surface area contributed by atoms with Crippen molar-refractivity contribution in [3.05, 3.63) is 93.5 Å². The number of hydrogen-bond donors (Lipinski definition) is 0. The van der Waals surface area contributed by atoms with Crippen LogP contribution in [0.1, 0.15) is 22.3 Å². The van der Waals surface area contributed by atoms with Gasteiger partial charge in [0.15, 0.2) is 5.78 Å². The largest absolute Gasteiger partial charge is 0.497 e. The van der Waals surface area contributed by atoms with Crippen LogP contribution in [0.3, 0.4) is 0 Å². The molecular weight excluding hydrogens is 388 g/mol. The van der Waals surface area contributed by atoms with Gasteiger partial charge < -0.3 is 4.74 Å². The Hall–Kier alpha value is -2.65. The lowest BCUT2D eigenvalue weighted by Gasteiger charge is -2.34. The zero-order valence-electron chi connectivity index (χ0n) is 14.1. The molecular formula is C23H15BrO2. The number of benzene rings is 3. The second-order valence-electron chi connectivity index (χ2n) is 6.64. The minimum absolute atomic E-state index is 0.101. The number of carbonyl (C=O) groups excluding carboxylic acids is 1. The molecule has 0 heterocycles. The average Bonchev–Trinajstić information content (AvgIpc) is 2.96. The van der Waals surface area contributed by atoms with E-state index < -0.39 is 5.41 Å². The molecule has 2 aliphatic rings. The monoisotopic (exact) mass is 402 g/mol. The molecule has 0 N–H and O–H groups in total. The van der Waals surface area contributed by atoms with Crippen LogP contribution in [-0.2, 0) is 10.2 Å². The molecule has 5 rings (SSSR count). The molecule has 0 bridgehead atoms. The third kappa shape index (κ3) is 1.84. The zero-order valence-corrected chi connectivity index (χ0v) is 15.7. The van der Waals surface area contributed by atoms with Crippen molar-refractivity contribution in [1.29, 1.82) is 0 Å². The van der Waals surface area contributed by atoms with E-state index >= 15 is 0 Å². The van der Waals surface area contributed by atoms with Crippen molar-refractivity contribution >= 4 is 27.8 Å². The van der Waals surface area contributed by atoms with Gasteiger partial charge in [-0.05, 0) is 63.7 Å². The van der Waals surface area contributed by atoms with Crippen molar-refractivity contribution in [3.8, 4) is 16.9 Å². The van der Waals surface area contributed by atoms with Gasteiger partial charge >= 0.3 is 0 Å². The first-order valence-corrected chi connectivity index (χ1v) is 9.26. The minimum Gasteiger partial charge on any atom is -0.497 e. The summed E-state index contributed by atoms with van der Waals surface area (Å²) in [5.74, 6) is 0.897. The number of halogens is 1. The molecule has 0 radical (unpaired) electrons. The lowest BCUT2D eigenvalue weighted by Crippen LogP contribution is -2.37. The fraction of sp³-hybridized carbons (Fsp3) is 0.0870. The molecule has 0 saturated carbocycles. The van der Waals surface area contributed by atoms with Crippen LogP contribution in [0, 0.1) is 0 Å². The topological polar surface area (TPSA) is 26.3 Å². The number of methoxy groups -OCH3 is 1. The van der Waals surface area contributed by atoms with E-state index in [-0.39, 0.29) is 5.78 Å². The quantitative estimate of drug-likeness (QED) is 0.546. The lowest BCUT2D eigenvalue weighted by atomic mass is 9.66. The van der Waals surface area contributed by atoms with Crippen molar-refractivity contribution in [1.82, 2.24) is 0 Å². The number of rotatable bonds is 1. The second kappa shape index (κ2) is 5.42. The molecule has 3 aromatic rings.